The maximum atomic E-state index is 12.6. The lowest BCUT2D eigenvalue weighted by Crippen LogP contribution is -2.33. The van der Waals surface area contributed by atoms with Crippen molar-refractivity contribution in [1.29, 1.82) is 0 Å². The molecule has 1 aromatic rings. The Morgan fingerprint density at radius 2 is 1.95 bits per heavy atom. The van der Waals surface area contributed by atoms with Gasteiger partial charge in [0.15, 0.2) is 9.84 Å². The van der Waals surface area contributed by atoms with Crippen LogP contribution in [0.4, 0.5) is 0 Å². The maximum absolute atomic E-state index is 12.6. The average molecular weight is 332 g/mol. The summed E-state index contributed by atoms with van der Waals surface area (Å²) in [4.78, 5) is 0.191. The van der Waals surface area contributed by atoms with E-state index in [9.17, 15) is 16.8 Å². The maximum Gasteiger partial charge on any atom is 0.243 e. The number of hydrogen-bond donors (Lipinski definition) is 1. The summed E-state index contributed by atoms with van der Waals surface area (Å²) >= 11 is 0. The zero-order valence-corrected chi connectivity index (χ0v) is 13.6. The molecule has 1 aromatic carbocycles. The lowest BCUT2D eigenvalue weighted by molar-refractivity contribution is 0.434. The predicted molar refractivity (Wildman–Crippen MR) is 81.1 cm³/mol. The summed E-state index contributed by atoms with van der Waals surface area (Å²) in [5.74, 6) is -0.0732. The molecule has 1 aliphatic heterocycles. The number of aryl methyl sites for hydroxylation is 1. The van der Waals surface area contributed by atoms with E-state index in [2.05, 4.69) is 0 Å². The topological polar surface area (TPSA) is 97.5 Å². The Balaban J connectivity index is 2.31. The quantitative estimate of drug-likeness (QED) is 0.856. The number of rotatable bonds is 3. The van der Waals surface area contributed by atoms with Crippen LogP contribution in [0, 0.1) is 6.92 Å². The first-order chi connectivity index (χ1) is 9.76. The van der Waals surface area contributed by atoms with Gasteiger partial charge in [-0.15, -0.1) is 0 Å². The van der Waals surface area contributed by atoms with Crippen molar-refractivity contribution in [3.63, 3.8) is 0 Å². The number of sulfone groups is 1. The Hall–Kier alpha value is -0.960. The van der Waals surface area contributed by atoms with Gasteiger partial charge in [-0.1, -0.05) is 6.07 Å². The van der Waals surface area contributed by atoms with Crippen molar-refractivity contribution in [2.45, 2.75) is 24.8 Å². The Labute approximate surface area is 125 Å². The molecule has 1 aliphatic rings. The van der Waals surface area contributed by atoms with Crippen LogP contribution in [0.15, 0.2) is 23.1 Å². The summed E-state index contributed by atoms with van der Waals surface area (Å²) in [6.07, 6.45) is 0.335. The second kappa shape index (κ2) is 6.04. The molecule has 1 saturated heterocycles. The van der Waals surface area contributed by atoms with Crippen LogP contribution >= 0.6 is 0 Å². The van der Waals surface area contributed by atoms with Crippen LogP contribution in [0.25, 0.3) is 0 Å². The van der Waals surface area contributed by atoms with Crippen LogP contribution in [-0.4, -0.2) is 45.7 Å². The number of nitrogens with two attached hydrogens (primary N) is 1. The van der Waals surface area contributed by atoms with E-state index in [4.69, 9.17) is 5.73 Å². The molecule has 2 rings (SSSR count). The zero-order valence-electron chi connectivity index (χ0n) is 11.9. The number of hydrogen-bond acceptors (Lipinski definition) is 5. The lowest BCUT2D eigenvalue weighted by Gasteiger charge is -2.20. The fourth-order valence-electron chi connectivity index (χ4n) is 2.36. The highest BCUT2D eigenvalue weighted by atomic mass is 32.2. The highest BCUT2D eigenvalue weighted by molar-refractivity contribution is 7.91. The molecule has 0 aromatic heterocycles. The van der Waals surface area contributed by atoms with Crippen molar-refractivity contribution in [3.05, 3.63) is 29.3 Å². The van der Waals surface area contributed by atoms with Crippen LogP contribution in [-0.2, 0) is 26.4 Å². The van der Waals surface area contributed by atoms with E-state index in [1.165, 1.54) is 10.4 Å². The smallest absolute Gasteiger partial charge is 0.243 e. The SMILES string of the molecule is Cc1cc(S(=O)(=O)N2CCCS(=O)(=O)CC2)ccc1CN. The molecule has 0 atom stereocenters. The normalized spacial score (nSPS) is 20.1. The highest BCUT2D eigenvalue weighted by Gasteiger charge is 2.29. The van der Waals surface area contributed by atoms with Gasteiger partial charge in [-0.25, -0.2) is 16.8 Å². The van der Waals surface area contributed by atoms with Crippen LogP contribution < -0.4 is 5.73 Å². The summed E-state index contributed by atoms with van der Waals surface area (Å²) in [6.45, 7) is 2.42. The molecule has 0 aliphatic carbocycles. The molecule has 118 valence electrons. The molecule has 0 unspecified atom stereocenters. The van der Waals surface area contributed by atoms with Crippen LogP contribution in [0.1, 0.15) is 17.5 Å². The number of benzene rings is 1. The van der Waals surface area contributed by atoms with Gasteiger partial charge in [0, 0.05) is 19.6 Å². The summed E-state index contributed by atoms with van der Waals surface area (Å²) in [7, 11) is -6.79. The minimum absolute atomic E-state index is 0.0162. The third-order valence-electron chi connectivity index (χ3n) is 3.69. The van der Waals surface area contributed by atoms with Crippen molar-refractivity contribution in [3.8, 4) is 0 Å². The molecule has 1 fully saturated rings. The Morgan fingerprint density at radius 3 is 2.57 bits per heavy atom. The minimum Gasteiger partial charge on any atom is -0.326 e. The van der Waals surface area contributed by atoms with Gasteiger partial charge in [0.2, 0.25) is 10.0 Å². The summed E-state index contributed by atoms with van der Waals surface area (Å²) < 4.78 is 49.6. The second-order valence-corrected chi connectivity index (χ2v) is 9.44. The molecular formula is C13H20N2O4S2. The van der Waals surface area contributed by atoms with E-state index in [1.54, 1.807) is 12.1 Å². The van der Waals surface area contributed by atoms with Gasteiger partial charge in [-0.3, -0.25) is 0 Å². The van der Waals surface area contributed by atoms with Crippen LogP contribution in [0.2, 0.25) is 0 Å². The summed E-state index contributed by atoms with van der Waals surface area (Å²) in [5, 5.41) is 0. The fraction of sp³-hybridized carbons (Fsp3) is 0.538. The van der Waals surface area contributed by atoms with Crippen molar-refractivity contribution >= 4 is 19.9 Å². The van der Waals surface area contributed by atoms with Gasteiger partial charge in [0.25, 0.3) is 0 Å². The Bertz CT molecular complexity index is 727. The van der Waals surface area contributed by atoms with Crippen molar-refractivity contribution in [2.24, 2.45) is 5.73 Å². The van der Waals surface area contributed by atoms with Crippen molar-refractivity contribution in [2.75, 3.05) is 24.6 Å². The molecule has 6 nitrogen and oxygen atoms in total. The molecule has 0 amide bonds. The molecule has 0 saturated carbocycles. The molecule has 0 bridgehead atoms. The van der Waals surface area contributed by atoms with Gasteiger partial charge in [-0.2, -0.15) is 4.31 Å². The third kappa shape index (κ3) is 3.63. The minimum atomic E-state index is -3.65. The van der Waals surface area contributed by atoms with Gasteiger partial charge >= 0.3 is 0 Å². The van der Waals surface area contributed by atoms with Gasteiger partial charge in [0.05, 0.1) is 16.4 Å². The zero-order chi connectivity index (χ0) is 15.7. The lowest BCUT2D eigenvalue weighted by atomic mass is 10.1. The highest BCUT2D eigenvalue weighted by Crippen LogP contribution is 2.21. The van der Waals surface area contributed by atoms with Crippen LogP contribution in [0.3, 0.4) is 0 Å². The van der Waals surface area contributed by atoms with E-state index in [0.29, 0.717) is 13.0 Å². The summed E-state index contributed by atoms with van der Waals surface area (Å²) in [6, 6.07) is 4.83. The molecule has 0 radical (unpaired) electrons. The van der Waals surface area contributed by atoms with Crippen LogP contribution in [0.5, 0.6) is 0 Å². The number of sulfonamides is 1. The fourth-order valence-corrected chi connectivity index (χ4v) is 5.31. The largest absolute Gasteiger partial charge is 0.326 e. The van der Waals surface area contributed by atoms with Gasteiger partial charge in [-0.05, 0) is 36.6 Å². The molecule has 21 heavy (non-hydrogen) atoms. The molecule has 8 heteroatoms. The second-order valence-electron chi connectivity index (χ2n) is 5.20. The summed E-state index contributed by atoms with van der Waals surface area (Å²) in [5.41, 5.74) is 7.29. The van der Waals surface area contributed by atoms with E-state index < -0.39 is 19.9 Å². The van der Waals surface area contributed by atoms with Crippen molar-refractivity contribution < 1.29 is 16.8 Å². The number of nitrogens with zero attached hydrogens (tertiary/aromatic N) is 1. The van der Waals surface area contributed by atoms with E-state index in [1.807, 2.05) is 6.92 Å². The first kappa shape index (κ1) is 16.4. The van der Waals surface area contributed by atoms with Gasteiger partial charge in [0.1, 0.15) is 0 Å². The third-order valence-corrected chi connectivity index (χ3v) is 7.30. The monoisotopic (exact) mass is 332 g/mol. The Morgan fingerprint density at radius 1 is 1.24 bits per heavy atom. The molecular weight excluding hydrogens is 312 g/mol. The standard InChI is InChI=1S/C13H20N2O4S2/c1-11-9-13(4-3-12(11)10-14)21(18,19)15-5-2-7-20(16,17)8-6-15/h3-4,9H,2,5-8,10,14H2,1H3. The predicted octanol–water partition coefficient (Wildman–Crippen LogP) is 0.263. The van der Waals surface area contributed by atoms with Gasteiger partial charge < -0.3 is 5.73 Å². The van der Waals surface area contributed by atoms with E-state index in [0.717, 1.165) is 11.1 Å². The first-order valence-electron chi connectivity index (χ1n) is 6.76. The molecule has 2 N–H and O–H groups in total. The van der Waals surface area contributed by atoms with E-state index >= 15 is 0 Å². The average Bonchev–Trinajstić information content (AvgIpc) is 2.60. The molecule has 0 spiro atoms. The molecule has 1 heterocycles. The Kier molecular flexibility index (Phi) is 4.72. The first-order valence-corrected chi connectivity index (χ1v) is 10.0. The van der Waals surface area contributed by atoms with E-state index in [-0.39, 0.29) is 29.5 Å². The van der Waals surface area contributed by atoms with Crippen molar-refractivity contribution in [1.82, 2.24) is 4.31 Å².